The van der Waals surface area contributed by atoms with E-state index < -0.39 is 0 Å². The summed E-state index contributed by atoms with van der Waals surface area (Å²) in [4.78, 5) is 14.8. The number of carbonyl (C=O) groups is 1. The normalized spacial score (nSPS) is 18.5. The molecule has 0 unspecified atom stereocenters. The lowest BCUT2D eigenvalue weighted by molar-refractivity contribution is 0.0642. The Hall–Kier alpha value is -2.56. The number of benzene rings is 1. The lowest BCUT2D eigenvalue weighted by Crippen LogP contribution is -2.40. The summed E-state index contributed by atoms with van der Waals surface area (Å²) in [6.07, 6.45) is 5.77. The van der Waals surface area contributed by atoms with Crippen LogP contribution in [0.4, 0.5) is 0 Å². The average Bonchev–Trinajstić information content (AvgIpc) is 3.23. The Morgan fingerprint density at radius 2 is 2.17 bits per heavy atom. The number of hydrogen-bond acceptors (Lipinski definition) is 3. The molecule has 1 aromatic carbocycles. The summed E-state index contributed by atoms with van der Waals surface area (Å²) in [6.45, 7) is 3.40. The van der Waals surface area contributed by atoms with Crippen molar-refractivity contribution in [3.05, 3.63) is 54.0 Å². The zero-order valence-corrected chi connectivity index (χ0v) is 13.1. The average molecular weight is 309 g/mol. The summed E-state index contributed by atoms with van der Waals surface area (Å²) in [5, 5.41) is 5.32. The maximum atomic E-state index is 12.9. The van der Waals surface area contributed by atoms with Gasteiger partial charge in [0.25, 0.3) is 5.91 Å². The lowest BCUT2D eigenvalue weighted by atomic mass is 10.0. The van der Waals surface area contributed by atoms with E-state index in [0.29, 0.717) is 12.3 Å². The minimum absolute atomic E-state index is 0.0180. The molecule has 1 amide bonds. The molecule has 5 heteroatoms. The predicted octanol–water partition coefficient (Wildman–Crippen LogP) is 3.42. The zero-order valence-electron chi connectivity index (χ0n) is 13.1. The highest BCUT2D eigenvalue weighted by atomic mass is 16.3. The second kappa shape index (κ2) is 5.57. The molecular formula is C18H19N3O2. The number of piperidine rings is 1. The summed E-state index contributed by atoms with van der Waals surface area (Å²) in [6, 6.07) is 9.95. The van der Waals surface area contributed by atoms with E-state index in [4.69, 9.17) is 4.42 Å². The van der Waals surface area contributed by atoms with Crippen molar-refractivity contribution in [2.45, 2.75) is 25.8 Å². The molecule has 0 spiro atoms. The van der Waals surface area contributed by atoms with E-state index in [1.165, 1.54) is 0 Å². The predicted molar refractivity (Wildman–Crippen MR) is 87.4 cm³/mol. The van der Waals surface area contributed by atoms with Crippen molar-refractivity contribution in [1.29, 1.82) is 0 Å². The van der Waals surface area contributed by atoms with Crippen molar-refractivity contribution in [2.75, 3.05) is 13.1 Å². The van der Waals surface area contributed by atoms with Crippen molar-refractivity contribution >= 4 is 16.9 Å². The van der Waals surface area contributed by atoms with Crippen LogP contribution in [0.1, 0.15) is 35.0 Å². The summed E-state index contributed by atoms with van der Waals surface area (Å²) in [5.41, 5.74) is 1.70. The summed E-state index contributed by atoms with van der Waals surface area (Å²) in [5.74, 6) is 0.447. The van der Waals surface area contributed by atoms with Gasteiger partial charge in [0.15, 0.2) is 5.76 Å². The largest absolute Gasteiger partial charge is 0.451 e. The number of para-hydroxylation sites is 1. The van der Waals surface area contributed by atoms with Gasteiger partial charge in [0, 0.05) is 36.4 Å². The topological polar surface area (TPSA) is 51.3 Å². The van der Waals surface area contributed by atoms with Gasteiger partial charge < -0.3 is 9.32 Å². The summed E-state index contributed by atoms with van der Waals surface area (Å²) >= 11 is 0. The third-order valence-electron chi connectivity index (χ3n) is 4.62. The highest BCUT2D eigenvalue weighted by molar-refractivity contribution is 5.98. The quantitative estimate of drug-likeness (QED) is 0.729. The van der Waals surface area contributed by atoms with Crippen LogP contribution in [0.15, 0.2) is 47.1 Å². The molecule has 3 heterocycles. The molecule has 4 rings (SSSR count). The molecule has 0 radical (unpaired) electrons. The number of fused-ring (bicyclic) bond motifs is 1. The Bertz CT molecular complexity index is 835. The minimum atomic E-state index is -0.0180. The van der Waals surface area contributed by atoms with Gasteiger partial charge in [-0.1, -0.05) is 18.2 Å². The van der Waals surface area contributed by atoms with Crippen LogP contribution in [0.25, 0.3) is 11.0 Å². The van der Waals surface area contributed by atoms with E-state index in [1.54, 1.807) is 6.20 Å². The summed E-state index contributed by atoms with van der Waals surface area (Å²) < 4.78 is 7.78. The molecule has 0 saturated carbocycles. The van der Waals surface area contributed by atoms with Gasteiger partial charge >= 0.3 is 0 Å². The van der Waals surface area contributed by atoms with Gasteiger partial charge in [-0.05, 0) is 31.9 Å². The second-order valence-corrected chi connectivity index (χ2v) is 6.09. The molecule has 118 valence electrons. The molecule has 1 atom stereocenters. The van der Waals surface area contributed by atoms with Crippen LogP contribution >= 0.6 is 0 Å². The van der Waals surface area contributed by atoms with E-state index in [1.807, 2.05) is 53.0 Å². The number of nitrogens with zero attached hydrogens (tertiary/aromatic N) is 3. The van der Waals surface area contributed by atoms with Crippen molar-refractivity contribution in [3.63, 3.8) is 0 Å². The Balaban J connectivity index is 1.61. The first-order valence-corrected chi connectivity index (χ1v) is 8.00. The third kappa shape index (κ3) is 2.42. The number of rotatable bonds is 2. The number of aryl methyl sites for hydroxylation is 1. The van der Waals surface area contributed by atoms with Crippen LogP contribution in [-0.2, 0) is 0 Å². The van der Waals surface area contributed by atoms with E-state index in [-0.39, 0.29) is 11.9 Å². The number of carbonyl (C=O) groups excluding carboxylic acids is 1. The number of hydrogen-bond donors (Lipinski definition) is 0. The highest BCUT2D eigenvalue weighted by Crippen LogP contribution is 2.28. The van der Waals surface area contributed by atoms with E-state index in [0.717, 1.165) is 35.9 Å². The van der Waals surface area contributed by atoms with Crippen molar-refractivity contribution in [3.8, 4) is 0 Å². The minimum Gasteiger partial charge on any atom is -0.451 e. The number of aromatic nitrogens is 2. The van der Waals surface area contributed by atoms with Crippen LogP contribution in [0.3, 0.4) is 0 Å². The van der Waals surface area contributed by atoms with Gasteiger partial charge in [-0.15, -0.1) is 0 Å². The molecule has 1 saturated heterocycles. The molecule has 23 heavy (non-hydrogen) atoms. The molecule has 3 aromatic rings. The Morgan fingerprint density at radius 1 is 1.30 bits per heavy atom. The zero-order chi connectivity index (χ0) is 15.8. The first-order valence-electron chi connectivity index (χ1n) is 8.00. The van der Waals surface area contributed by atoms with Gasteiger partial charge in [-0.25, -0.2) is 0 Å². The smallest absolute Gasteiger partial charge is 0.289 e. The van der Waals surface area contributed by atoms with Crippen molar-refractivity contribution in [2.24, 2.45) is 0 Å². The Morgan fingerprint density at radius 3 is 2.96 bits per heavy atom. The monoisotopic (exact) mass is 309 g/mol. The second-order valence-electron chi connectivity index (χ2n) is 6.09. The molecule has 2 aromatic heterocycles. The first-order chi connectivity index (χ1) is 11.2. The van der Waals surface area contributed by atoms with Gasteiger partial charge in [0.2, 0.25) is 0 Å². The van der Waals surface area contributed by atoms with Gasteiger partial charge in [0.1, 0.15) is 5.58 Å². The molecule has 0 aliphatic carbocycles. The van der Waals surface area contributed by atoms with Crippen molar-refractivity contribution in [1.82, 2.24) is 14.7 Å². The third-order valence-corrected chi connectivity index (χ3v) is 4.62. The van der Waals surface area contributed by atoms with Crippen LogP contribution in [0.2, 0.25) is 0 Å². The Labute approximate surface area is 134 Å². The van der Waals surface area contributed by atoms with Gasteiger partial charge in [-0.2, -0.15) is 5.10 Å². The maximum absolute atomic E-state index is 12.9. The maximum Gasteiger partial charge on any atom is 0.289 e. The Kier molecular flexibility index (Phi) is 3.41. The first kappa shape index (κ1) is 14.1. The van der Waals surface area contributed by atoms with Crippen LogP contribution < -0.4 is 0 Å². The molecule has 0 bridgehead atoms. The van der Waals surface area contributed by atoms with E-state index >= 15 is 0 Å². The fraction of sp³-hybridized carbons (Fsp3) is 0.333. The molecule has 5 nitrogen and oxygen atoms in total. The molecule has 1 aliphatic rings. The summed E-state index contributed by atoms with van der Waals surface area (Å²) in [7, 11) is 0. The van der Waals surface area contributed by atoms with Crippen molar-refractivity contribution < 1.29 is 9.21 Å². The van der Waals surface area contributed by atoms with Crippen LogP contribution in [-0.4, -0.2) is 33.7 Å². The van der Waals surface area contributed by atoms with Crippen LogP contribution in [0.5, 0.6) is 0 Å². The fourth-order valence-corrected chi connectivity index (χ4v) is 3.37. The number of furan rings is 1. The fourth-order valence-electron chi connectivity index (χ4n) is 3.37. The molecular weight excluding hydrogens is 290 g/mol. The number of amides is 1. The lowest BCUT2D eigenvalue weighted by Gasteiger charge is -2.32. The van der Waals surface area contributed by atoms with E-state index in [9.17, 15) is 4.79 Å². The van der Waals surface area contributed by atoms with Gasteiger partial charge in [0.05, 0.1) is 6.04 Å². The standard InChI is InChI=1S/C18H19N3O2/c1-13-15-7-2-3-8-16(15)23-17(13)18(22)20-10-4-6-14(12-20)21-11-5-9-19-21/h2-3,5,7-9,11,14H,4,6,10,12H2,1H3/t14-/m1/s1. The van der Waals surface area contributed by atoms with Gasteiger partial charge in [-0.3, -0.25) is 9.48 Å². The molecule has 0 N–H and O–H groups in total. The molecule has 1 aliphatic heterocycles. The highest BCUT2D eigenvalue weighted by Gasteiger charge is 2.29. The SMILES string of the molecule is Cc1c(C(=O)N2CCC[C@@H](n3cccn3)C2)oc2ccccc12. The van der Waals surface area contributed by atoms with Crippen LogP contribution in [0, 0.1) is 6.92 Å². The van der Waals surface area contributed by atoms with E-state index in [2.05, 4.69) is 5.10 Å². The molecule has 1 fully saturated rings. The number of likely N-dealkylation sites (tertiary alicyclic amines) is 1.